The van der Waals surface area contributed by atoms with Crippen molar-refractivity contribution in [2.24, 2.45) is 0 Å². The van der Waals surface area contributed by atoms with Crippen molar-refractivity contribution in [3.8, 4) is 0 Å². The Hall–Kier alpha value is -1.39. The summed E-state index contributed by atoms with van der Waals surface area (Å²) in [6, 6.07) is 7.93. The van der Waals surface area contributed by atoms with E-state index in [-0.39, 0.29) is 18.1 Å². The monoisotopic (exact) mass is 304 g/mol. The highest BCUT2D eigenvalue weighted by atomic mass is 16.3. The SMILES string of the molecule is CCCN(CC(=O)Nc1ccccc1C)C1CCCCC1O. The minimum Gasteiger partial charge on any atom is -0.391 e. The number of hydrogen-bond donors (Lipinski definition) is 2. The van der Waals surface area contributed by atoms with Gasteiger partial charge in [0.2, 0.25) is 5.91 Å². The van der Waals surface area contributed by atoms with Crippen molar-refractivity contribution in [1.82, 2.24) is 4.90 Å². The standard InChI is InChI=1S/C18H28N2O2/c1-3-12-20(16-10-6-7-11-17(16)21)13-18(22)19-15-9-5-4-8-14(15)2/h4-5,8-9,16-17,21H,3,6-7,10-13H2,1-2H3,(H,19,22). The lowest BCUT2D eigenvalue weighted by atomic mass is 9.91. The smallest absolute Gasteiger partial charge is 0.238 e. The van der Waals surface area contributed by atoms with Gasteiger partial charge in [-0.2, -0.15) is 0 Å². The average molecular weight is 304 g/mol. The molecule has 0 aromatic heterocycles. The lowest BCUT2D eigenvalue weighted by Gasteiger charge is -2.37. The van der Waals surface area contributed by atoms with Crippen molar-refractivity contribution < 1.29 is 9.90 Å². The van der Waals surface area contributed by atoms with Crippen molar-refractivity contribution >= 4 is 11.6 Å². The predicted octanol–water partition coefficient (Wildman–Crippen LogP) is 2.95. The van der Waals surface area contributed by atoms with Crippen molar-refractivity contribution in [1.29, 1.82) is 0 Å². The number of aliphatic hydroxyl groups is 1. The van der Waals surface area contributed by atoms with Gasteiger partial charge in [-0.05, 0) is 44.4 Å². The summed E-state index contributed by atoms with van der Waals surface area (Å²) in [7, 11) is 0. The number of nitrogens with one attached hydrogen (secondary N) is 1. The number of carbonyl (C=O) groups excluding carboxylic acids is 1. The second-order valence-corrected chi connectivity index (χ2v) is 6.25. The van der Waals surface area contributed by atoms with Crippen LogP contribution in [-0.4, -0.2) is 41.1 Å². The molecule has 1 aliphatic carbocycles. The van der Waals surface area contributed by atoms with E-state index in [9.17, 15) is 9.90 Å². The molecule has 0 bridgehead atoms. The second-order valence-electron chi connectivity index (χ2n) is 6.25. The number of hydrogen-bond acceptors (Lipinski definition) is 3. The molecule has 1 aliphatic rings. The maximum absolute atomic E-state index is 12.4. The van der Waals surface area contributed by atoms with Crippen LogP contribution in [0, 0.1) is 6.92 Å². The molecule has 1 aromatic carbocycles. The zero-order valence-electron chi connectivity index (χ0n) is 13.7. The number of aliphatic hydroxyl groups excluding tert-OH is 1. The van der Waals surface area contributed by atoms with Gasteiger partial charge in [0.05, 0.1) is 12.6 Å². The second kappa shape index (κ2) is 8.30. The summed E-state index contributed by atoms with van der Waals surface area (Å²) in [5.74, 6) is 0.000485. The molecule has 4 heteroatoms. The van der Waals surface area contributed by atoms with Crippen LogP contribution in [0.2, 0.25) is 0 Å². The van der Waals surface area contributed by atoms with E-state index in [0.717, 1.165) is 49.9 Å². The van der Waals surface area contributed by atoms with Crippen LogP contribution < -0.4 is 5.32 Å². The van der Waals surface area contributed by atoms with Crippen LogP contribution in [0.4, 0.5) is 5.69 Å². The molecule has 1 amide bonds. The Morgan fingerprint density at radius 3 is 2.73 bits per heavy atom. The van der Waals surface area contributed by atoms with E-state index in [1.807, 2.05) is 31.2 Å². The Balaban J connectivity index is 1.98. The number of nitrogens with zero attached hydrogens (tertiary/aromatic N) is 1. The first-order valence-electron chi connectivity index (χ1n) is 8.39. The number of benzene rings is 1. The van der Waals surface area contributed by atoms with Crippen LogP contribution in [0.1, 0.15) is 44.6 Å². The molecule has 0 radical (unpaired) electrons. The van der Waals surface area contributed by atoms with Gasteiger partial charge in [0, 0.05) is 11.7 Å². The normalized spacial score (nSPS) is 21.8. The molecule has 0 spiro atoms. The minimum absolute atomic E-state index is 0.000485. The van der Waals surface area contributed by atoms with Gasteiger partial charge < -0.3 is 10.4 Å². The van der Waals surface area contributed by atoms with Gasteiger partial charge in [0.1, 0.15) is 0 Å². The number of anilines is 1. The summed E-state index contributed by atoms with van der Waals surface area (Å²) >= 11 is 0. The topological polar surface area (TPSA) is 52.6 Å². The van der Waals surface area contributed by atoms with Gasteiger partial charge in [0.25, 0.3) is 0 Å². The number of carbonyl (C=O) groups is 1. The van der Waals surface area contributed by atoms with Crippen molar-refractivity contribution in [3.05, 3.63) is 29.8 Å². The van der Waals surface area contributed by atoms with E-state index in [4.69, 9.17) is 0 Å². The third kappa shape index (κ3) is 4.55. The molecule has 0 saturated heterocycles. The number of aryl methyl sites for hydroxylation is 1. The summed E-state index contributed by atoms with van der Waals surface area (Å²) in [5.41, 5.74) is 1.93. The molecule has 2 atom stereocenters. The third-order valence-corrected chi connectivity index (χ3v) is 4.44. The molecule has 2 unspecified atom stereocenters. The van der Waals surface area contributed by atoms with Crippen LogP contribution in [0.25, 0.3) is 0 Å². The number of rotatable bonds is 6. The van der Waals surface area contributed by atoms with E-state index < -0.39 is 0 Å². The summed E-state index contributed by atoms with van der Waals surface area (Å²) in [6.07, 6.45) is 4.75. The van der Waals surface area contributed by atoms with Crippen LogP contribution >= 0.6 is 0 Å². The molecular formula is C18H28N2O2. The van der Waals surface area contributed by atoms with Gasteiger partial charge in [0.15, 0.2) is 0 Å². The Labute approximate surface area is 133 Å². The highest BCUT2D eigenvalue weighted by Gasteiger charge is 2.29. The summed E-state index contributed by atoms with van der Waals surface area (Å²) < 4.78 is 0. The summed E-state index contributed by atoms with van der Waals surface area (Å²) in [5, 5.41) is 13.2. The average Bonchev–Trinajstić information content (AvgIpc) is 2.50. The number of amides is 1. The lowest BCUT2D eigenvalue weighted by molar-refractivity contribution is -0.118. The zero-order chi connectivity index (χ0) is 15.9. The van der Waals surface area contributed by atoms with E-state index >= 15 is 0 Å². The first-order chi connectivity index (χ1) is 10.6. The molecule has 0 aliphatic heterocycles. The van der Waals surface area contributed by atoms with Crippen LogP contribution in [0.15, 0.2) is 24.3 Å². The molecule has 4 nitrogen and oxygen atoms in total. The molecule has 1 saturated carbocycles. The Kier molecular flexibility index (Phi) is 6.40. The van der Waals surface area contributed by atoms with Gasteiger partial charge in [-0.25, -0.2) is 0 Å². The molecule has 122 valence electrons. The quantitative estimate of drug-likeness (QED) is 0.849. The first-order valence-corrected chi connectivity index (χ1v) is 8.39. The highest BCUT2D eigenvalue weighted by Crippen LogP contribution is 2.23. The van der Waals surface area contributed by atoms with Crippen LogP contribution in [0.3, 0.4) is 0 Å². The van der Waals surface area contributed by atoms with E-state index in [1.165, 1.54) is 0 Å². The molecule has 1 fully saturated rings. The predicted molar refractivity (Wildman–Crippen MR) is 89.9 cm³/mol. The zero-order valence-corrected chi connectivity index (χ0v) is 13.7. The van der Waals surface area contributed by atoms with E-state index in [0.29, 0.717) is 6.54 Å². The third-order valence-electron chi connectivity index (χ3n) is 4.44. The molecule has 22 heavy (non-hydrogen) atoms. The fraction of sp³-hybridized carbons (Fsp3) is 0.611. The minimum atomic E-state index is -0.299. The molecule has 0 heterocycles. The van der Waals surface area contributed by atoms with Gasteiger partial charge in [-0.1, -0.05) is 38.0 Å². The summed E-state index contributed by atoms with van der Waals surface area (Å²) in [4.78, 5) is 14.5. The Morgan fingerprint density at radius 2 is 2.05 bits per heavy atom. The summed E-state index contributed by atoms with van der Waals surface area (Å²) in [6.45, 7) is 5.30. The largest absolute Gasteiger partial charge is 0.391 e. The van der Waals surface area contributed by atoms with Crippen LogP contribution in [-0.2, 0) is 4.79 Å². The molecule has 2 rings (SSSR count). The molecule has 1 aromatic rings. The van der Waals surface area contributed by atoms with Gasteiger partial charge in [-0.15, -0.1) is 0 Å². The lowest BCUT2D eigenvalue weighted by Crippen LogP contribution is -2.48. The van der Waals surface area contributed by atoms with E-state index in [1.54, 1.807) is 0 Å². The maximum Gasteiger partial charge on any atom is 0.238 e. The highest BCUT2D eigenvalue weighted by molar-refractivity contribution is 5.92. The van der Waals surface area contributed by atoms with Crippen molar-refractivity contribution in [2.45, 2.75) is 58.1 Å². The van der Waals surface area contributed by atoms with Crippen molar-refractivity contribution in [3.63, 3.8) is 0 Å². The van der Waals surface area contributed by atoms with Crippen LogP contribution in [0.5, 0.6) is 0 Å². The van der Waals surface area contributed by atoms with Gasteiger partial charge in [-0.3, -0.25) is 9.69 Å². The Bertz CT molecular complexity index is 490. The van der Waals surface area contributed by atoms with E-state index in [2.05, 4.69) is 17.1 Å². The Morgan fingerprint density at radius 1 is 1.32 bits per heavy atom. The fourth-order valence-electron chi connectivity index (χ4n) is 3.25. The number of para-hydroxylation sites is 1. The maximum atomic E-state index is 12.4. The fourth-order valence-corrected chi connectivity index (χ4v) is 3.25. The van der Waals surface area contributed by atoms with Crippen molar-refractivity contribution in [2.75, 3.05) is 18.4 Å². The molecule has 2 N–H and O–H groups in total. The molecular weight excluding hydrogens is 276 g/mol. The van der Waals surface area contributed by atoms with Gasteiger partial charge >= 0.3 is 0 Å². The first kappa shape index (κ1) is 17.0.